The molecule has 2 aromatic rings. The van der Waals surface area contributed by atoms with Crippen LogP contribution in [0.25, 0.3) is 0 Å². The van der Waals surface area contributed by atoms with Crippen molar-refractivity contribution in [2.24, 2.45) is 0 Å². The normalized spacial score (nSPS) is 22.4. The van der Waals surface area contributed by atoms with Crippen LogP contribution in [0.4, 0.5) is 21.4 Å². The summed E-state index contributed by atoms with van der Waals surface area (Å²) in [6.45, 7) is 8.86. The molecule has 3 saturated heterocycles. The number of hydrogen-bond donors (Lipinski definition) is 1. The largest absolute Gasteiger partial charge is 0.377 e. The third kappa shape index (κ3) is 5.13. The van der Waals surface area contributed by atoms with Crippen LogP contribution in [0.15, 0.2) is 29.6 Å². The van der Waals surface area contributed by atoms with Crippen molar-refractivity contribution in [2.75, 3.05) is 80.6 Å². The van der Waals surface area contributed by atoms with E-state index in [1.165, 1.54) is 24.2 Å². The SMILES string of the molecule is O=C(Nc1cccs1)N1CCN(c2ccc(N3CCN(CC4CCCO4)CC3)nn2)CC1. The van der Waals surface area contributed by atoms with Crippen molar-refractivity contribution >= 4 is 34.0 Å². The Morgan fingerprint density at radius 2 is 1.69 bits per heavy atom. The zero-order valence-corrected chi connectivity index (χ0v) is 19.2. The number of nitrogens with zero attached hydrogens (tertiary/aromatic N) is 6. The molecular formula is C22H31N7O2S. The van der Waals surface area contributed by atoms with Crippen LogP contribution in [0.2, 0.25) is 0 Å². The van der Waals surface area contributed by atoms with Crippen molar-refractivity contribution in [3.8, 4) is 0 Å². The molecule has 1 N–H and O–H groups in total. The summed E-state index contributed by atoms with van der Waals surface area (Å²) in [7, 11) is 0. The Hall–Kier alpha value is -2.43. The van der Waals surface area contributed by atoms with Crippen LogP contribution >= 0.6 is 11.3 Å². The number of aromatic nitrogens is 2. The fourth-order valence-corrected chi connectivity index (χ4v) is 5.17. The summed E-state index contributed by atoms with van der Waals surface area (Å²) < 4.78 is 5.77. The molecule has 3 aliphatic heterocycles. The molecule has 0 aliphatic carbocycles. The lowest BCUT2D eigenvalue weighted by molar-refractivity contribution is 0.0712. The first-order valence-electron chi connectivity index (χ1n) is 11.5. The second-order valence-corrected chi connectivity index (χ2v) is 9.50. The topological polar surface area (TPSA) is 77.1 Å². The first kappa shape index (κ1) is 21.4. The van der Waals surface area contributed by atoms with Gasteiger partial charge < -0.3 is 19.4 Å². The van der Waals surface area contributed by atoms with Gasteiger partial charge in [0.2, 0.25) is 0 Å². The van der Waals surface area contributed by atoms with Gasteiger partial charge in [-0.2, -0.15) is 0 Å². The van der Waals surface area contributed by atoms with Gasteiger partial charge in [-0.25, -0.2) is 4.79 Å². The lowest BCUT2D eigenvalue weighted by Gasteiger charge is -2.37. The summed E-state index contributed by atoms with van der Waals surface area (Å²) in [6.07, 6.45) is 2.81. The zero-order valence-electron chi connectivity index (χ0n) is 18.4. The highest BCUT2D eigenvalue weighted by atomic mass is 32.1. The number of thiophene rings is 1. The van der Waals surface area contributed by atoms with Crippen LogP contribution in [0.1, 0.15) is 12.8 Å². The second kappa shape index (κ2) is 10.0. The minimum absolute atomic E-state index is 0.0350. The average Bonchev–Trinajstić information content (AvgIpc) is 3.54. The third-order valence-corrected chi connectivity index (χ3v) is 7.25. The van der Waals surface area contributed by atoms with Gasteiger partial charge >= 0.3 is 6.03 Å². The Morgan fingerprint density at radius 1 is 1.00 bits per heavy atom. The maximum absolute atomic E-state index is 12.4. The number of hydrogen-bond acceptors (Lipinski definition) is 8. The molecule has 5 rings (SSSR count). The van der Waals surface area contributed by atoms with E-state index in [0.29, 0.717) is 19.2 Å². The van der Waals surface area contributed by atoms with E-state index >= 15 is 0 Å². The lowest BCUT2D eigenvalue weighted by Crippen LogP contribution is -2.50. The number of urea groups is 1. The Kier molecular flexibility index (Phi) is 6.70. The number of piperazine rings is 2. The molecule has 1 atom stereocenters. The molecule has 5 heterocycles. The Morgan fingerprint density at radius 3 is 2.25 bits per heavy atom. The molecule has 10 heteroatoms. The number of anilines is 3. The van der Waals surface area contributed by atoms with E-state index in [1.807, 2.05) is 22.4 Å². The van der Waals surface area contributed by atoms with Gasteiger partial charge in [-0.05, 0) is 42.5 Å². The first-order chi connectivity index (χ1) is 15.7. The third-order valence-electron chi connectivity index (χ3n) is 6.46. The molecule has 3 fully saturated rings. The Balaban J connectivity index is 1.08. The highest BCUT2D eigenvalue weighted by Gasteiger charge is 2.25. The maximum Gasteiger partial charge on any atom is 0.322 e. The average molecular weight is 458 g/mol. The summed E-state index contributed by atoms with van der Waals surface area (Å²) in [4.78, 5) is 21.3. The van der Waals surface area contributed by atoms with Crippen molar-refractivity contribution in [3.63, 3.8) is 0 Å². The molecule has 172 valence electrons. The lowest BCUT2D eigenvalue weighted by atomic mass is 10.2. The van der Waals surface area contributed by atoms with Gasteiger partial charge in [-0.1, -0.05) is 0 Å². The van der Waals surface area contributed by atoms with Gasteiger partial charge in [0.05, 0.1) is 11.1 Å². The first-order valence-corrected chi connectivity index (χ1v) is 12.4. The minimum Gasteiger partial charge on any atom is -0.377 e. The number of nitrogens with one attached hydrogen (secondary N) is 1. The van der Waals surface area contributed by atoms with Gasteiger partial charge in [0.25, 0.3) is 0 Å². The summed E-state index contributed by atoms with van der Waals surface area (Å²) >= 11 is 1.53. The smallest absolute Gasteiger partial charge is 0.322 e. The van der Waals surface area contributed by atoms with Crippen LogP contribution < -0.4 is 15.1 Å². The molecule has 9 nitrogen and oxygen atoms in total. The zero-order chi connectivity index (χ0) is 21.8. The summed E-state index contributed by atoms with van der Waals surface area (Å²) in [5, 5.41) is 14.8. The number of amides is 2. The van der Waals surface area contributed by atoms with Crippen molar-refractivity contribution in [3.05, 3.63) is 29.6 Å². The van der Waals surface area contributed by atoms with E-state index in [4.69, 9.17) is 4.74 Å². The molecule has 1 unspecified atom stereocenters. The molecule has 32 heavy (non-hydrogen) atoms. The maximum atomic E-state index is 12.4. The molecule has 0 radical (unpaired) electrons. The van der Waals surface area contributed by atoms with Crippen molar-refractivity contribution in [1.29, 1.82) is 0 Å². The van der Waals surface area contributed by atoms with Crippen LogP contribution in [0.5, 0.6) is 0 Å². The molecule has 0 saturated carbocycles. The fraction of sp³-hybridized carbons (Fsp3) is 0.591. The molecule has 2 amide bonds. The molecular weight excluding hydrogens is 426 g/mol. The monoisotopic (exact) mass is 457 g/mol. The van der Waals surface area contributed by atoms with E-state index in [-0.39, 0.29) is 6.03 Å². The van der Waals surface area contributed by atoms with E-state index in [1.54, 1.807) is 0 Å². The van der Waals surface area contributed by atoms with Crippen LogP contribution in [0, 0.1) is 0 Å². The number of rotatable bonds is 5. The van der Waals surface area contributed by atoms with Crippen LogP contribution in [-0.2, 0) is 4.74 Å². The van der Waals surface area contributed by atoms with Gasteiger partial charge in [0, 0.05) is 65.5 Å². The van der Waals surface area contributed by atoms with Gasteiger partial charge in [-0.3, -0.25) is 10.2 Å². The second-order valence-electron chi connectivity index (χ2n) is 8.55. The predicted octanol–water partition coefficient (Wildman–Crippen LogP) is 2.19. The summed E-state index contributed by atoms with van der Waals surface area (Å²) in [6, 6.07) is 7.95. The Bertz CT molecular complexity index is 857. The highest BCUT2D eigenvalue weighted by molar-refractivity contribution is 7.14. The minimum atomic E-state index is -0.0350. The molecule has 0 aromatic carbocycles. The number of carbonyl (C=O) groups is 1. The Labute approximate surface area is 192 Å². The standard InChI is InChI=1S/C22H31N7O2S/c30-22(23-21-4-2-16-32-21)29-13-11-28(12-14-29)20-6-5-19(24-25-20)27-9-7-26(8-10-27)17-18-3-1-15-31-18/h2,4-6,16,18H,1,3,7-15,17H2,(H,23,30). The molecule has 3 aliphatic rings. The quantitative estimate of drug-likeness (QED) is 0.738. The van der Waals surface area contributed by atoms with E-state index in [0.717, 1.165) is 69.1 Å². The summed E-state index contributed by atoms with van der Waals surface area (Å²) in [5.41, 5.74) is 0. The van der Waals surface area contributed by atoms with Gasteiger partial charge in [0.1, 0.15) is 0 Å². The van der Waals surface area contributed by atoms with E-state index in [2.05, 4.69) is 42.3 Å². The fourth-order valence-electron chi connectivity index (χ4n) is 4.56. The van der Waals surface area contributed by atoms with Crippen LogP contribution in [-0.4, -0.2) is 97.6 Å². The predicted molar refractivity (Wildman–Crippen MR) is 127 cm³/mol. The number of carbonyl (C=O) groups excluding carboxylic acids is 1. The summed E-state index contributed by atoms with van der Waals surface area (Å²) in [5.74, 6) is 1.82. The molecule has 0 bridgehead atoms. The van der Waals surface area contributed by atoms with Crippen molar-refractivity contribution in [2.45, 2.75) is 18.9 Å². The number of ether oxygens (including phenoxy) is 1. The van der Waals surface area contributed by atoms with E-state index in [9.17, 15) is 4.79 Å². The molecule has 2 aromatic heterocycles. The van der Waals surface area contributed by atoms with E-state index < -0.39 is 0 Å². The molecule has 0 spiro atoms. The van der Waals surface area contributed by atoms with Crippen LogP contribution in [0.3, 0.4) is 0 Å². The van der Waals surface area contributed by atoms with Gasteiger partial charge in [-0.15, -0.1) is 21.5 Å². The van der Waals surface area contributed by atoms with Crippen molar-refractivity contribution in [1.82, 2.24) is 20.0 Å². The highest BCUT2D eigenvalue weighted by Crippen LogP contribution is 2.20. The van der Waals surface area contributed by atoms with Gasteiger partial charge in [0.15, 0.2) is 11.6 Å². The van der Waals surface area contributed by atoms with Crippen molar-refractivity contribution < 1.29 is 9.53 Å².